The third-order valence-electron chi connectivity index (χ3n) is 4.39. The standard InChI is InChI=1S/C15H18N2O3/c18-9-15(6-1-2-7-15)8-17-10-16-13-11(14(19)20)4-3-5-12(13)17/h3-5,10,18H,1-2,6-9H2,(H,19,20). The molecule has 0 bridgehead atoms. The molecule has 0 amide bonds. The SMILES string of the molecule is O=C(O)c1cccc2c1ncn2CC1(CO)CCCC1. The molecule has 1 aromatic carbocycles. The molecule has 0 spiro atoms. The maximum atomic E-state index is 11.2. The van der Waals surface area contributed by atoms with Crippen molar-refractivity contribution in [2.45, 2.75) is 32.2 Å². The molecule has 0 unspecified atom stereocenters. The number of hydrogen-bond donors (Lipinski definition) is 2. The molecule has 1 heterocycles. The Labute approximate surface area is 116 Å². The molecule has 2 N–H and O–H groups in total. The van der Waals surface area contributed by atoms with E-state index in [1.54, 1.807) is 18.5 Å². The lowest BCUT2D eigenvalue weighted by atomic mass is 9.87. The van der Waals surface area contributed by atoms with Gasteiger partial charge in [0.05, 0.1) is 24.0 Å². The van der Waals surface area contributed by atoms with E-state index in [0.717, 1.165) is 31.2 Å². The van der Waals surface area contributed by atoms with Gasteiger partial charge in [-0.2, -0.15) is 0 Å². The lowest BCUT2D eigenvalue weighted by Crippen LogP contribution is -2.27. The number of rotatable bonds is 4. The zero-order chi connectivity index (χ0) is 14.2. The highest BCUT2D eigenvalue weighted by Crippen LogP contribution is 2.39. The number of hydrogen-bond acceptors (Lipinski definition) is 3. The van der Waals surface area contributed by atoms with Crippen LogP contribution in [0.2, 0.25) is 0 Å². The Bertz CT molecular complexity index is 642. The van der Waals surface area contributed by atoms with Crippen LogP contribution >= 0.6 is 0 Å². The summed E-state index contributed by atoms with van der Waals surface area (Å²) in [4.78, 5) is 15.4. The minimum Gasteiger partial charge on any atom is -0.478 e. The van der Waals surface area contributed by atoms with Crippen molar-refractivity contribution in [2.24, 2.45) is 5.41 Å². The number of aliphatic hydroxyl groups is 1. The summed E-state index contributed by atoms with van der Waals surface area (Å²) in [6.45, 7) is 0.869. The predicted octanol–water partition coefficient (Wildman–Crippen LogP) is 2.29. The first-order valence-corrected chi connectivity index (χ1v) is 6.93. The molecule has 0 radical (unpaired) electrons. The molecule has 0 atom stereocenters. The van der Waals surface area contributed by atoms with Gasteiger partial charge >= 0.3 is 5.97 Å². The summed E-state index contributed by atoms with van der Waals surface area (Å²) in [5.74, 6) is -0.960. The monoisotopic (exact) mass is 274 g/mol. The maximum absolute atomic E-state index is 11.2. The summed E-state index contributed by atoms with van der Waals surface area (Å²) in [6.07, 6.45) is 6.01. The molecule has 1 aliphatic rings. The highest BCUT2D eigenvalue weighted by atomic mass is 16.4. The van der Waals surface area contributed by atoms with Gasteiger partial charge in [0, 0.05) is 12.0 Å². The van der Waals surface area contributed by atoms with Gasteiger partial charge in [0.15, 0.2) is 0 Å². The highest BCUT2D eigenvalue weighted by Gasteiger charge is 2.34. The topological polar surface area (TPSA) is 75.3 Å². The summed E-state index contributed by atoms with van der Waals surface area (Å²) in [7, 11) is 0. The lowest BCUT2D eigenvalue weighted by Gasteiger charge is -2.27. The number of nitrogens with zero attached hydrogens (tertiary/aromatic N) is 2. The second-order valence-corrected chi connectivity index (χ2v) is 5.72. The minimum atomic E-state index is -0.960. The van der Waals surface area contributed by atoms with Crippen LogP contribution in [0.1, 0.15) is 36.0 Å². The van der Waals surface area contributed by atoms with E-state index < -0.39 is 5.97 Å². The lowest BCUT2D eigenvalue weighted by molar-refractivity contribution is 0.0699. The molecule has 1 aliphatic carbocycles. The summed E-state index contributed by atoms with van der Waals surface area (Å²) >= 11 is 0. The Balaban J connectivity index is 2.01. The van der Waals surface area contributed by atoms with E-state index >= 15 is 0 Å². The minimum absolute atomic E-state index is 0.0765. The first-order valence-electron chi connectivity index (χ1n) is 6.93. The molecule has 0 aliphatic heterocycles. The van der Waals surface area contributed by atoms with Crippen molar-refractivity contribution in [1.82, 2.24) is 9.55 Å². The van der Waals surface area contributed by atoms with Crippen LogP contribution in [-0.4, -0.2) is 32.3 Å². The van der Waals surface area contributed by atoms with Crippen molar-refractivity contribution in [3.05, 3.63) is 30.1 Å². The first kappa shape index (κ1) is 13.1. The summed E-state index contributed by atoms with van der Waals surface area (Å²) < 4.78 is 1.98. The number of aromatic nitrogens is 2. The molecule has 5 heteroatoms. The number of carboxylic acids is 1. The molecular formula is C15H18N2O3. The van der Waals surface area contributed by atoms with Crippen LogP contribution < -0.4 is 0 Å². The summed E-state index contributed by atoms with van der Waals surface area (Å²) in [5.41, 5.74) is 1.49. The van der Waals surface area contributed by atoms with Crippen LogP contribution in [0.4, 0.5) is 0 Å². The zero-order valence-corrected chi connectivity index (χ0v) is 11.2. The number of benzene rings is 1. The number of aliphatic hydroxyl groups excluding tert-OH is 1. The van der Waals surface area contributed by atoms with Crippen molar-refractivity contribution < 1.29 is 15.0 Å². The van der Waals surface area contributed by atoms with Crippen LogP contribution in [0.3, 0.4) is 0 Å². The van der Waals surface area contributed by atoms with Gasteiger partial charge in [-0.05, 0) is 25.0 Å². The molecule has 1 aromatic heterocycles. The second kappa shape index (κ2) is 4.90. The Hall–Kier alpha value is -1.88. The van der Waals surface area contributed by atoms with Gasteiger partial charge in [-0.25, -0.2) is 9.78 Å². The average molecular weight is 274 g/mol. The van der Waals surface area contributed by atoms with E-state index in [0.29, 0.717) is 12.1 Å². The zero-order valence-electron chi connectivity index (χ0n) is 11.2. The second-order valence-electron chi connectivity index (χ2n) is 5.72. The third-order valence-corrected chi connectivity index (χ3v) is 4.39. The van der Waals surface area contributed by atoms with Crippen LogP contribution in [-0.2, 0) is 6.54 Å². The van der Waals surface area contributed by atoms with Gasteiger partial charge in [-0.15, -0.1) is 0 Å². The number of carbonyl (C=O) groups is 1. The maximum Gasteiger partial charge on any atom is 0.337 e. The van der Waals surface area contributed by atoms with Crippen molar-refractivity contribution in [1.29, 1.82) is 0 Å². The van der Waals surface area contributed by atoms with Gasteiger partial charge in [0.25, 0.3) is 0 Å². The molecule has 3 rings (SSSR count). The molecule has 20 heavy (non-hydrogen) atoms. The summed E-state index contributed by atoms with van der Waals surface area (Å²) in [5, 5.41) is 18.9. The Morgan fingerprint density at radius 1 is 1.35 bits per heavy atom. The fourth-order valence-electron chi connectivity index (χ4n) is 3.24. The fourth-order valence-corrected chi connectivity index (χ4v) is 3.24. The van der Waals surface area contributed by atoms with Crippen LogP contribution in [0.25, 0.3) is 11.0 Å². The Morgan fingerprint density at radius 2 is 2.10 bits per heavy atom. The van der Waals surface area contributed by atoms with Crippen LogP contribution in [0, 0.1) is 5.41 Å². The van der Waals surface area contributed by atoms with Gasteiger partial charge in [0.1, 0.15) is 5.52 Å². The molecule has 106 valence electrons. The van der Waals surface area contributed by atoms with Crippen molar-refractivity contribution >= 4 is 17.0 Å². The smallest absolute Gasteiger partial charge is 0.337 e. The van der Waals surface area contributed by atoms with Gasteiger partial charge in [-0.3, -0.25) is 0 Å². The van der Waals surface area contributed by atoms with Crippen molar-refractivity contribution in [2.75, 3.05) is 6.61 Å². The fraction of sp³-hybridized carbons (Fsp3) is 0.467. The molecule has 1 saturated carbocycles. The van der Waals surface area contributed by atoms with E-state index in [9.17, 15) is 15.0 Å². The Morgan fingerprint density at radius 3 is 2.75 bits per heavy atom. The Kier molecular flexibility index (Phi) is 3.22. The predicted molar refractivity (Wildman–Crippen MR) is 74.7 cm³/mol. The third kappa shape index (κ3) is 2.08. The van der Waals surface area contributed by atoms with Gasteiger partial charge in [0.2, 0.25) is 0 Å². The number of fused-ring (bicyclic) bond motifs is 1. The van der Waals surface area contributed by atoms with Crippen molar-refractivity contribution in [3.63, 3.8) is 0 Å². The number of aromatic carboxylic acids is 1. The molecule has 1 fully saturated rings. The average Bonchev–Trinajstić information content (AvgIpc) is 3.07. The van der Waals surface area contributed by atoms with Crippen LogP contribution in [0.15, 0.2) is 24.5 Å². The number of imidazole rings is 1. The normalized spacial score (nSPS) is 17.6. The quantitative estimate of drug-likeness (QED) is 0.897. The molecule has 5 nitrogen and oxygen atoms in total. The molecular weight excluding hydrogens is 256 g/mol. The number of para-hydroxylation sites is 1. The molecule has 2 aromatic rings. The van der Waals surface area contributed by atoms with Crippen LogP contribution in [0.5, 0.6) is 0 Å². The summed E-state index contributed by atoms with van der Waals surface area (Å²) in [6, 6.07) is 5.19. The largest absolute Gasteiger partial charge is 0.478 e. The van der Waals surface area contributed by atoms with E-state index in [2.05, 4.69) is 4.98 Å². The van der Waals surface area contributed by atoms with E-state index in [1.165, 1.54) is 0 Å². The van der Waals surface area contributed by atoms with Crippen molar-refractivity contribution in [3.8, 4) is 0 Å². The molecule has 0 saturated heterocycles. The van der Waals surface area contributed by atoms with E-state index in [1.807, 2.05) is 10.6 Å². The number of carboxylic acid groups (broad SMARTS) is 1. The van der Waals surface area contributed by atoms with Gasteiger partial charge < -0.3 is 14.8 Å². The van der Waals surface area contributed by atoms with Gasteiger partial charge in [-0.1, -0.05) is 18.9 Å². The van der Waals surface area contributed by atoms with E-state index in [4.69, 9.17) is 0 Å². The highest BCUT2D eigenvalue weighted by molar-refractivity contribution is 6.00. The van der Waals surface area contributed by atoms with E-state index in [-0.39, 0.29) is 17.6 Å². The first-order chi connectivity index (χ1) is 9.65.